The number of hydrogen-bond acceptors (Lipinski definition) is 3. The minimum Gasteiger partial charge on any atom is -0.472 e. The molecule has 1 saturated heterocycles. The van der Waals surface area contributed by atoms with E-state index in [1.54, 1.807) is 6.26 Å². The molecule has 1 aliphatic heterocycles. The van der Waals surface area contributed by atoms with Gasteiger partial charge in [0.05, 0.1) is 18.1 Å². The van der Waals surface area contributed by atoms with Gasteiger partial charge in [-0.3, -0.25) is 0 Å². The van der Waals surface area contributed by atoms with E-state index in [-0.39, 0.29) is 5.60 Å². The second-order valence-electron chi connectivity index (χ2n) is 4.71. The van der Waals surface area contributed by atoms with Gasteiger partial charge in [0.1, 0.15) is 0 Å². The number of likely N-dealkylation sites (N-methyl/N-ethyl adjacent to an activating group) is 1. The number of ether oxygens (including phenoxy) is 1. The molecule has 2 unspecified atom stereocenters. The Hall–Kier alpha value is -0.800. The van der Waals surface area contributed by atoms with Gasteiger partial charge in [-0.15, -0.1) is 0 Å². The normalized spacial score (nSPS) is 27.1. The molecule has 2 rings (SSSR count). The summed E-state index contributed by atoms with van der Waals surface area (Å²) in [4.78, 5) is 0. The first-order valence-electron chi connectivity index (χ1n) is 6.13. The van der Waals surface area contributed by atoms with E-state index in [1.807, 2.05) is 12.3 Å². The summed E-state index contributed by atoms with van der Waals surface area (Å²) in [5.74, 6) is 0. The highest BCUT2D eigenvalue weighted by Crippen LogP contribution is 2.30. The van der Waals surface area contributed by atoms with E-state index >= 15 is 0 Å². The molecule has 1 fully saturated rings. The third-order valence-electron chi connectivity index (χ3n) is 3.46. The van der Waals surface area contributed by atoms with Gasteiger partial charge in [-0.25, -0.2) is 0 Å². The Morgan fingerprint density at radius 1 is 1.56 bits per heavy atom. The minimum atomic E-state index is -0.0206. The first-order chi connectivity index (χ1) is 7.74. The molecule has 3 nitrogen and oxygen atoms in total. The molecule has 0 aromatic carbocycles. The van der Waals surface area contributed by atoms with Gasteiger partial charge in [-0.05, 0) is 44.4 Å². The molecular weight excluding hydrogens is 202 g/mol. The lowest BCUT2D eigenvalue weighted by Gasteiger charge is -2.33. The van der Waals surface area contributed by atoms with Crippen LogP contribution in [0.15, 0.2) is 23.0 Å². The van der Waals surface area contributed by atoms with Crippen LogP contribution in [0.1, 0.15) is 32.3 Å². The van der Waals surface area contributed by atoms with Gasteiger partial charge in [0.2, 0.25) is 0 Å². The molecule has 0 saturated carbocycles. The topological polar surface area (TPSA) is 34.4 Å². The predicted octanol–water partition coefficient (Wildman–Crippen LogP) is 2.37. The molecule has 2 atom stereocenters. The lowest BCUT2D eigenvalue weighted by atomic mass is 9.89. The Morgan fingerprint density at radius 2 is 2.44 bits per heavy atom. The van der Waals surface area contributed by atoms with Crippen LogP contribution in [0, 0.1) is 0 Å². The number of rotatable bonds is 5. The molecule has 1 aromatic rings. The highest BCUT2D eigenvalue weighted by molar-refractivity contribution is 5.10. The monoisotopic (exact) mass is 223 g/mol. The molecule has 90 valence electrons. The van der Waals surface area contributed by atoms with Crippen LogP contribution in [0.5, 0.6) is 0 Å². The summed E-state index contributed by atoms with van der Waals surface area (Å²) in [6.45, 7) is 6.22. The fraction of sp³-hybridized carbons (Fsp3) is 0.692. The average Bonchev–Trinajstić information content (AvgIpc) is 2.89. The zero-order valence-corrected chi connectivity index (χ0v) is 10.2. The standard InChI is InChI=1S/C13H21NO2/c1-3-14-12(9-11-5-8-15-10-11)13(2)6-4-7-16-13/h5,8,10,12,14H,3-4,6-7,9H2,1-2H3. The zero-order valence-electron chi connectivity index (χ0n) is 10.2. The largest absolute Gasteiger partial charge is 0.472 e. The van der Waals surface area contributed by atoms with E-state index in [0.717, 1.165) is 26.0 Å². The SMILES string of the molecule is CCNC(Cc1ccoc1)C1(C)CCCO1. The Balaban J connectivity index is 2.04. The van der Waals surface area contributed by atoms with Crippen molar-refractivity contribution in [2.24, 2.45) is 0 Å². The smallest absolute Gasteiger partial charge is 0.0935 e. The Kier molecular flexibility index (Phi) is 3.66. The highest BCUT2D eigenvalue weighted by Gasteiger charge is 2.37. The summed E-state index contributed by atoms with van der Waals surface area (Å²) in [6.07, 6.45) is 6.84. The van der Waals surface area contributed by atoms with Crippen molar-refractivity contribution in [1.29, 1.82) is 0 Å². The van der Waals surface area contributed by atoms with E-state index in [4.69, 9.17) is 9.15 Å². The van der Waals surface area contributed by atoms with Crippen molar-refractivity contribution in [3.63, 3.8) is 0 Å². The highest BCUT2D eigenvalue weighted by atomic mass is 16.5. The quantitative estimate of drug-likeness (QED) is 0.832. The minimum absolute atomic E-state index is 0.0206. The van der Waals surface area contributed by atoms with Crippen LogP contribution in [0.2, 0.25) is 0 Å². The van der Waals surface area contributed by atoms with E-state index < -0.39 is 0 Å². The van der Waals surface area contributed by atoms with Gasteiger partial charge < -0.3 is 14.5 Å². The Morgan fingerprint density at radius 3 is 3.00 bits per heavy atom. The first-order valence-corrected chi connectivity index (χ1v) is 6.13. The van der Waals surface area contributed by atoms with Crippen LogP contribution in [-0.2, 0) is 11.2 Å². The van der Waals surface area contributed by atoms with Gasteiger partial charge in [0.25, 0.3) is 0 Å². The van der Waals surface area contributed by atoms with Gasteiger partial charge >= 0.3 is 0 Å². The molecule has 16 heavy (non-hydrogen) atoms. The summed E-state index contributed by atoms with van der Waals surface area (Å²) in [6, 6.07) is 2.40. The summed E-state index contributed by atoms with van der Waals surface area (Å²) in [5, 5.41) is 3.54. The summed E-state index contributed by atoms with van der Waals surface area (Å²) >= 11 is 0. The van der Waals surface area contributed by atoms with Crippen LogP contribution in [0.3, 0.4) is 0 Å². The van der Waals surface area contributed by atoms with Crippen LogP contribution in [0.25, 0.3) is 0 Å². The summed E-state index contributed by atoms with van der Waals surface area (Å²) < 4.78 is 11.0. The first kappa shape index (κ1) is 11.7. The summed E-state index contributed by atoms with van der Waals surface area (Å²) in [5.41, 5.74) is 1.22. The van der Waals surface area contributed by atoms with Crippen molar-refractivity contribution in [3.8, 4) is 0 Å². The van der Waals surface area contributed by atoms with Crippen molar-refractivity contribution in [3.05, 3.63) is 24.2 Å². The lowest BCUT2D eigenvalue weighted by Crippen LogP contribution is -2.49. The van der Waals surface area contributed by atoms with Crippen LogP contribution in [-0.4, -0.2) is 24.8 Å². The van der Waals surface area contributed by atoms with Crippen LogP contribution in [0.4, 0.5) is 0 Å². The van der Waals surface area contributed by atoms with E-state index in [9.17, 15) is 0 Å². The van der Waals surface area contributed by atoms with Gasteiger partial charge in [-0.2, -0.15) is 0 Å². The molecule has 1 aliphatic rings. The maximum atomic E-state index is 5.91. The van der Waals surface area contributed by atoms with Crippen molar-refractivity contribution in [2.45, 2.75) is 44.8 Å². The average molecular weight is 223 g/mol. The Labute approximate surface area is 97.2 Å². The zero-order chi connectivity index (χ0) is 11.4. The Bertz CT molecular complexity index is 302. The van der Waals surface area contributed by atoms with Crippen LogP contribution >= 0.6 is 0 Å². The molecule has 0 bridgehead atoms. The second-order valence-corrected chi connectivity index (χ2v) is 4.71. The van der Waals surface area contributed by atoms with Crippen molar-refractivity contribution in [2.75, 3.05) is 13.2 Å². The fourth-order valence-corrected chi connectivity index (χ4v) is 2.47. The maximum Gasteiger partial charge on any atom is 0.0935 e. The predicted molar refractivity (Wildman–Crippen MR) is 63.5 cm³/mol. The van der Waals surface area contributed by atoms with Crippen molar-refractivity contribution >= 4 is 0 Å². The maximum absolute atomic E-state index is 5.91. The molecule has 0 amide bonds. The van der Waals surface area contributed by atoms with Gasteiger partial charge in [0.15, 0.2) is 0 Å². The molecule has 1 aromatic heterocycles. The molecule has 1 N–H and O–H groups in total. The van der Waals surface area contributed by atoms with E-state index in [1.165, 1.54) is 12.0 Å². The molecule has 0 spiro atoms. The third kappa shape index (κ3) is 2.47. The molecular formula is C13H21NO2. The molecule has 3 heteroatoms. The van der Waals surface area contributed by atoms with Gasteiger partial charge in [0, 0.05) is 12.6 Å². The van der Waals surface area contributed by atoms with E-state index in [0.29, 0.717) is 6.04 Å². The molecule has 0 aliphatic carbocycles. The number of hydrogen-bond donors (Lipinski definition) is 1. The second kappa shape index (κ2) is 5.02. The fourth-order valence-electron chi connectivity index (χ4n) is 2.47. The van der Waals surface area contributed by atoms with Gasteiger partial charge in [-0.1, -0.05) is 6.92 Å². The third-order valence-corrected chi connectivity index (χ3v) is 3.46. The number of nitrogens with one attached hydrogen (secondary N) is 1. The molecule has 0 radical (unpaired) electrons. The van der Waals surface area contributed by atoms with Crippen molar-refractivity contribution < 1.29 is 9.15 Å². The number of furan rings is 1. The van der Waals surface area contributed by atoms with Crippen molar-refractivity contribution in [1.82, 2.24) is 5.32 Å². The van der Waals surface area contributed by atoms with Crippen LogP contribution < -0.4 is 5.32 Å². The van der Waals surface area contributed by atoms with E-state index in [2.05, 4.69) is 19.2 Å². The molecule has 2 heterocycles. The lowest BCUT2D eigenvalue weighted by molar-refractivity contribution is -0.0110. The summed E-state index contributed by atoms with van der Waals surface area (Å²) in [7, 11) is 0.